The Morgan fingerprint density at radius 3 is 2.07 bits per heavy atom. The molecule has 0 radical (unpaired) electrons. The van der Waals surface area contributed by atoms with Gasteiger partial charge in [0.2, 0.25) is 10.0 Å². The maximum atomic E-state index is 12.2. The van der Waals surface area contributed by atoms with E-state index in [2.05, 4.69) is 16.6 Å². The van der Waals surface area contributed by atoms with Crippen LogP contribution in [-0.4, -0.2) is 35.3 Å². The van der Waals surface area contributed by atoms with E-state index in [0.29, 0.717) is 5.56 Å². The third-order valence-electron chi connectivity index (χ3n) is 3.72. The summed E-state index contributed by atoms with van der Waals surface area (Å²) in [4.78, 5) is 0.0249. The average molecular weight is 445 g/mol. The highest BCUT2D eigenvalue weighted by Crippen LogP contribution is 2.23. The van der Waals surface area contributed by atoms with E-state index in [1.807, 2.05) is 0 Å². The van der Waals surface area contributed by atoms with E-state index in [1.54, 1.807) is 18.2 Å². The minimum Gasteiger partial charge on any atom is -0.224 e. The minimum atomic E-state index is -4.39. The van der Waals surface area contributed by atoms with Crippen LogP contribution >= 0.6 is 0 Å². The fourth-order valence-electron chi connectivity index (χ4n) is 2.29. The molecule has 1 N–H and O–H groups in total. The predicted molar refractivity (Wildman–Crippen MR) is 102 cm³/mol. The second kappa shape index (κ2) is 9.43. The van der Waals surface area contributed by atoms with Crippen molar-refractivity contribution < 1.29 is 30.0 Å². The number of halogens is 3. The number of hydrogen-bond donors (Lipinski definition) is 1. The van der Waals surface area contributed by atoms with Crippen LogP contribution in [0.25, 0.3) is 0 Å². The number of alkyl halides is 3. The summed E-state index contributed by atoms with van der Waals surface area (Å²) in [5.74, 6) is 4.71. The Balaban J connectivity index is 1.94. The second-order valence-corrected chi connectivity index (χ2v) is 9.88. The Kier molecular flexibility index (Phi) is 7.46. The molecule has 0 aliphatic rings. The van der Waals surface area contributed by atoms with Crippen LogP contribution in [0.1, 0.15) is 18.4 Å². The van der Waals surface area contributed by atoms with Gasteiger partial charge >= 0.3 is 6.18 Å². The largest absolute Gasteiger partial charge is 0.389 e. The maximum Gasteiger partial charge on any atom is 0.389 e. The first-order valence-electron chi connectivity index (χ1n) is 8.43. The first-order valence-corrected chi connectivity index (χ1v) is 11.6. The monoisotopic (exact) mass is 445 g/mol. The van der Waals surface area contributed by atoms with Crippen LogP contribution in [0.2, 0.25) is 0 Å². The summed E-state index contributed by atoms with van der Waals surface area (Å²) in [7, 11) is -7.49. The van der Waals surface area contributed by atoms with Crippen molar-refractivity contribution in [1.29, 1.82) is 0 Å². The summed E-state index contributed by atoms with van der Waals surface area (Å²) in [6, 6.07) is 13.1. The molecule has 0 heterocycles. The van der Waals surface area contributed by atoms with Crippen LogP contribution in [0.3, 0.4) is 0 Å². The maximum absolute atomic E-state index is 12.2. The lowest BCUT2D eigenvalue weighted by Gasteiger charge is -2.07. The van der Waals surface area contributed by atoms with Crippen LogP contribution in [0, 0.1) is 11.8 Å². The van der Waals surface area contributed by atoms with Crippen molar-refractivity contribution >= 4 is 19.9 Å². The van der Waals surface area contributed by atoms with Gasteiger partial charge in [0, 0.05) is 12.0 Å². The Bertz CT molecular complexity index is 1080. The van der Waals surface area contributed by atoms with E-state index in [1.165, 1.54) is 36.4 Å². The lowest BCUT2D eigenvalue weighted by Crippen LogP contribution is -2.23. The zero-order chi connectivity index (χ0) is 21.5. The molecular weight excluding hydrogens is 427 g/mol. The molecule has 2 aromatic carbocycles. The number of benzene rings is 2. The van der Waals surface area contributed by atoms with Crippen LogP contribution < -0.4 is 4.72 Å². The molecule has 0 aliphatic carbocycles. The Morgan fingerprint density at radius 1 is 0.862 bits per heavy atom. The van der Waals surface area contributed by atoms with Gasteiger partial charge in [-0.1, -0.05) is 30.0 Å². The van der Waals surface area contributed by atoms with Gasteiger partial charge in [0.15, 0.2) is 9.84 Å². The summed E-state index contributed by atoms with van der Waals surface area (Å²) in [6.45, 7) is -0.144. The van der Waals surface area contributed by atoms with Gasteiger partial charge < -0.3 is 0 Å². The molecule has 0 fully saturated rings. The van der Waals surface area contributed by atoms with Crippen molar-refractivity contribution in [3.8, 4) is 11.8 Å². The predicted octanol–water partition coefficient (Wildman–Crippen LogP) is 3.13. The van der Waals surface area contributed by atoms with Crippen molar-refractivity contribution in [3.05, 3.63) is 60.2 Å². The van der Waals surface area contributed by atoms with Gasteiger partial charge in [-0.25, -0.2) is 16.8 Å². The van der Waals surface area contributed by atoms with Gasteiger partial charge in [0.1, 0.15) is 0 Å². The van der Waals surface area contributed by atoms with Crippen LogP contribution in [0.15, 0.2) is 64.4 Å². The van der Waals surface area contributed by atoms with Crippen molar-refractivity contribution in [2.75, 3.05) is 12.3 Å². The Hall–Kier alpha value is -2.35. The summed E-state index contributed by atoms with van der Waals surface area (Å²) in [5.41, 5.74) is 0.443. The summed E-state index contributed by atoms with van der Waals surface area (Å²) >= 11 is 0. The van der Waals surface area contributed by atoms with E-state index in [4.69, 9.17) is 0 Å². The molecule has 5 nitrogen and oxygen atoms in total. The van der Waals surface area contributed by atoms with Gasteiger partial charge in [-0.3, -0.25) is 0 Å². The smallest absolute Gasteiger partial charge is 0.224 e. The lowest BCUT2D eigenvalue weighted by molar-refractivity contribution is -0.134. The van der Waals surface area contributed by atoms with Gasteiger partial charge in [0.05, 0.1) is 22.1 Å². The quantitative estimate of drug-likeness (QED) is 0.664. The first kappa shape index (κ1) is 22.9. The fourth-order valence-corrected chi connectivity index (χ4v) is 4.54. The van der Waals surface area contributed by atoms with Crippen LogP contribution in [0.4, 0.5) is 13.2 Å². The van der Waals surface area contributed by atoms with Crippen molar-refractivity contribution in [3.63, 3.8) is 0 Å². The van der Waals surface area contributed by atoms with E-state index in [-0.39, 0.29) is 16.3 Å². The normalized spacial score (nSPS) is 12.2. The zero-order valence-electron chi connectivity index (χ0n) is 15.1. The summed E-state index contributed by atoms with van der Waals surface area (Å²) in [6.07, 6.45) is -6.05. The van der Waals surface area contributed by atoms with E-state index < -0.39 is 44.6 Å². The highest BCUT2D eigenvalue weighted by molar-refractivity contribution is 7.91. The number of hydrogen-bond acceptors (Lipinski definition) is 4. The van der Waals surface area contributed by atoms with Gasteiger partial charge in [-0.15, -0.1) is 0 Å². The highest BCUT2D eigenvalue weighted by Gasteiger charge is 2.27. The minimum absolute atomic E-state index is 0.0880. The SMILES string of the molecule is O=S(=O)(CCCC(F)(F)F)c1ccc(C#CCNS(=O)(=O)c2ccccc2)cc1. The average Bonchev–Trinajstić information content (AvgIpc) is 2.65. The molecule has 0 atom stereocenters. The molecular formula is C19H18F3NO4S2. The zero-order valence-corrected chi connectivity index (χ0v) is 16.7. The van der Waals surface area contributed by atoms with Crippen LogP contribution in [-0.2, 0) is 19.9 Å². The van der Waals surface area contributed by atoms with Crippen molar-refractivity contribution in [2.45, 2.75) is 28.8 Å². The van der Waals surface area contributed by atoms with Crippen LogP contribution in [0.5, 0.6) is 0 Å². The molecule has 29 heavy (non-hydrogen) atoms. The van der Waals surface area contributed by atoms with Gasteiger partial charge in [-0.2, -0.15) is 17.9 Å². The number of nitrogens with one attached hydrogen (secondary N) is 1. The second-order valence-electron chi connectivity index (χ2n) is 6.00. The molecule has 10 heteroatoms. The van der Waals surface area contributed by atoms with E-state index in [0.717, 1.165) is 0 Å². The Morgan fingerprint density at radius 2 is 1.48 bits per heavy atom. The highest BCUT2D eigenvalue weighted by atomic mass is 32.2. The molecule has 0 unspecified atom stereocenters. The molecule has 0 amide bonds. The topological polar surface area (TPSA) is 80.3 Å². The third kappa shape index (κ3) is 7.53. The molecule has 0 saturated carbocycles. The van der Waals surface area contributed by atoms with E-state index >= 15 is 0 Å². The third-order valence-corrected chi connectivity index (χ3v) is 6.96. The van der Waals surface area contributed by atoms with Crippen molar-refractivity contribution in [1.82, 2.24) is 4.72 Å². The summed E-state index contributed by atoms with van der Waals surface area (Å²) < 4.78 is 87.0. The number of sulfonamides is 1. The molecule has 156 valence electrons. The molecule has 0 aliphatic heterocycles. The summed E-state index contributed by atoms with van der Waals surface area (Å²) in [5, 5.41) is 0. The van der Waals surface area contributed by atoms with Gasteiger partial charge in [0.25, 0.3) is 0 Å². The van der Waals surface area contributed by atoms with Gasteiger partial charge in [-0.05, 0) is 42.8 Å². The standard InChI is InChI=1S/C19H18F3NO4S2/c20-19(21,22)13-5-15-28(24,25)17-11-9-16(10-12-17)6-4-14-23-29(26,27)18-7-2-1-3-8-18/h1-3,7-12,23H,5,13-15H2. The molecule has 0 saturated heterocycles. The Labute approximate surface area is 167 Å². The molecule has 2 aromatic rings. The number of rotatable bonds is 7. The fraction of sp³-hybridized carbons (Fsp3) is 0.263. The van der Waals surface area contributed by atoms with Crippen molar-refractivity contribution in [2.24, 2.45) is 0 Å². The van der Waals surface area contributed by atoms with E-state index in [9.17, 15) is 30.0 Å². The molecule has 0 spiro atoms. The lowest BCUT2D eigenvalue weighted by atomic mass is 10.2. The number of sulfone groups is 1. The molecule has 0 aromatic heterocycles. The first-order chi connectivity index (χ1) is 13.5. The molecule has 0 bridgehead atoms. The molecule has 2 rings (SSSR count).